The molecule has 0 spiro atoms. The lowest BCUT2D eigenvalue weighted by Crippen LogP contribution is -2.33. The van der Waals surface area contributed by atoms with Gasteiger partial charge >= 0.3 is 5.97 Å². The van der Waals surface area contributed by atoms with Crippen LogP contribution in [0.3, 0.4) is 0 Å². The molecule has 0 heterocycles. The number of nitrogens with one attached hydrogen (secondary N) is 1. The van der Waals surface area contributed by atoms with Crippen molar-refractivity contribution in [1.29, 1.82) is 0 Å². The number of carboxylic acids is 1. The van der Waals surface area contributed by atoms with Gasteiger partial charge in [0.25, 0.3) is 5.91 Å². The van der Waals surface area contributed by atoms with Gasteiger partial charge in [-0.3, -0.25) is 9.59 Å². The first kappa shape index (κ1) is 15.0. The summed E-state index contributed by atoms with van der Waals surface area (Å²) >= 11 is 3.04. The first-order valence-corrected chi connectivity index (χ1v) is 7.25. The predicted octanol–water partition coefficient (Wildman–Crippen LogP) is 2.82. The van der Waals surface area contributed by atoms with Gasteiger partial charge in [-0.1, -0.05) is 12.5 Å². The van der Waals surface area contributed by atoms with Gasteiger partial charge in [-0.2, -0.15) is 0 Å². The maximum Gasteiger partial charge on any atom is 0.306 e. The number of rotatable bonds is 4. The zero-order valence-corrected chi connectivity index (χ0v) is 12.3. The molecule has 1 aromatic carbocycles. The summed E-state index contributed by atoms with van der Waals surface area (Å²) in [6.07, 6.45) is 2.31. The van der Waals surface area contributed by atoms with Crippen LogP contribution in [-0.2, 0) is 4.79 Å². The average Bonchev–Trinajstić information content (AvgIpc) is 2.87. The van der Waals surface area contributed by atoms with E-state index >= 15 is 0 Å². The van der Waals surface area contributed by atoms with E-state index in [4.69, 9.17) is 5.11 Å². The summed E-state index contributed by atoms with van der Waals surface area (Å²) < 4.78 is 13.5. The average molecular weight is 344 g/mol. The van der Waals surface area contributed by atoms with E-state index in [1.54, 1.807) is 0 Å². The first-order chi connectivity index (χ1) is 9.50. The van der Waals surface area contributed by atoms with Crippen LogP contribution >= 0.6 is 15.9 Å². The fourth-order valence-corrected chi connectivity index (χ4v) is 3.05. The van der Waals surface area contributed by atoms with E-state index in [-0.39, 0.29) is 16.0 Å². The molecular formula is C14H15BrFNO3. The summed E-state index contributed by atoms with van der Waals surface area (Å²) in [6, 6.07) is 4.24. The maximum absolute atomic E-state index is 13.3. The SMILES string of the molecule is O=C(NCC1CCCC1C(=O)O)c1cccc(F)c1Br. The second-order valence-corrected chi connectivity index (χ2v) is 5.74. The lowest BCUT2D eigenvalue weighted by molar-refractivity contribution is -0.142. The van der Waals surface area contributed by atoms with Gasteiger partial charge < -0.3 is 10.4 Å². The molecule has 6 heteroatoms. The van der Waals surface area contributed by atoms with Crippen LogP contribution in [0.2, 0.25) is 0 Å². The number of benzene rings is 1. The van der Waals surface area contributed by atoms with Gasteiger partial charge in [-0.25, -0.2) is 4.39 Å². The van der Waals surface area contributed by atoms with Gasteiger partial charge in [0.2, 0.25) is 0 Å². The van der Waals surface area contributed by atoms with Gasteiger partial charge in [0.05, 0.1) is 16.0 Å². The van der Waals surface area contributed by atoms with Crippen molar-refractivity contribution in [3.05, 3.63) is 34.1 Å². The molecule has 1 fully saturated rings. The molecule has 1 aromatic rings. The van der Waals surface area contributed by atoms with Crippen LogP contribution in [0.1, 0.15) is 29.6 Å². The first-order valence-electron chi connectivity index (χ1n) is 6.45. The molecular weight excluding hydrogens is 329 g/mol. The Kier molecular flexibility index (Phi) is 4.75. The molecule has 4 nitrogen and oxygen atoms in total. The highest BCUT2D eigenvalue weighted by Gasteiger charge is 2.33. The molecule has 2 N–H and O–H groups in total. The van der Waals surface area contributed by atoms with Gasteiger partial charge in [-0.15, -0.1) is 0 Å². The Morgan fingerprint density at radius 2 is 2.15 bits per heavy atom. The van der Waals surface area contributed by atoms with Crippen molar-refractivity contribution in [2.75, 3.05) is 6.54 Å². The zero-order valence-electron chi connectivity index (χ0n) is 10.7. The van der Waals surface area contributed by atoms with Crippen LogP contribution in [0.5, 0.6) is 0 Å². The standard InChI is InChI=1S/C14H15BrFNO3/c15-12-10(5-2-6-11(12)16)13(18)17-7-8-3-1-4-9(8)14(19)20/h2,5-6,8-9H,1,3-4,7H2,(H,17,18)(H,19,20). The van der Waals surface area contributed by atoms with Crippen molar-refractivity contribution in [3.8, 4) is 0 Å². The molecule has 2 unspecified atom stereocenters. The number of carbonyl (C=O) groups excluding carboxylic acids is 1. The summed E-state index contributed by atoms with van der Waals surface area (Å²) in [5.74, 6) is -2.15. The summed E-state index contributed by atoms with van der Waals surface area (Å²) in [4.78, 5) is 23.1. The fraction of sp³-hybridized carbons (Fsp3) is 0.429. The molecule has 2 atom stereocenters. The Bertz CT molecular complexity index is 535. The van der Waals surface area contributed by atoms with E-state index in [0.717, 1.165) is 12.8 Å². The molecule has 1 aliphatic rings. The Morgan fingerprint density at radius 1 is 1.40 bits per heavy atom. The van der Waals surface area contributed by atoms with E-state index < -0.39 is 23.6 Å². The van der Waals surface area contributed by atoms with Crippen LogP contribution in [0.25, 0.3) is 0 Å². The van der Waals surface area contributed by atoms with Crippen LogP contribution in [0, 0.1) is 17.7 Å². The predicted molar refractivity (Wildman–Crippen MR) is 74.9 cm³/mol. The zero-order chi connectivity index (χ0) is 14.7. The summed E-state index contributed by atoms with van der Waals surface area (Å²) in [6.45, 7) is 0.304. The minimum Gasteiger partial charge on any atom is -0.481 e. The quantitative estimate of drug-likeness (QED) is 0.883. The van der Waals surface area contributed by atoms with Gasteiger partial charge in [0.15, 0.2) is 0 Å². The Labute approximate surface area is 124 Å². The highest BCUT2D eigenvalue weighted by atomic mass is 79.9. The number of hydrogen-bond acceptors (Lipinski definition) is 2. The molecule has 108 valence electrons. The smallest absolute Gasteiger partial charge is 0.306 e. The van der Waals surface area contributed by atoms with E-state index in [9.17, 15) is 14.0 Å². The van der Waals surface area contributed by atoms with Gasteiger partial charge in [0, 0.05) is 6.54 Å². The highest BCUT2D eigenvalue weighted by Crippen LogP contribution is 2.31. The third kappa shape index (κ3) is 3.17. The summed E-state index contributed by atoms with van der Waals surface area (Å²) in [5.41, 5.74) is 0.217. The molecule has 2 rings (SSSR count). The van der Waals surface area contributed by atoms with E-state index in [2.05, 4.69) is 21.2 Å². The van der Waals surface area contributed by atoms with E-state index in [0.29, 0.717) is 13.0 Å². The minimum atomic E-state index is -0.811. The molecule has 0 aromatic heterocycles. The Morgan fingerprint density at radius 3 is 2.85 bits per heavy atom. The van der Waals surface area contributed by atoms with Crippen LogP contribution in [-0.4, -0.2) is 23.5 Å². The fourth-order valence-electron chi connectivity index (χ4n) is 2.60. The van der Waals surface area contributed by atoms with Crippen molar-refractivity contribution >= 4 is 27.8 Å². The topological polar surface area (TPSA) is 66.4 Å². The molecule has 1 saturated carbocycles. The molecule has 20 heavy (non-hydrogen) atoms. The van der Waals surface area contributed by atoms with Crippen LogP contribution in [0.4, 0.5) is 4.39 Å². The summed E-state index contributed by atoms with van der Waals surface area (Å²) in [7, 11) is 0. The van der Waals surface area contributed by atoms with E-state index in [1.807, 2.05) is 0 Å². The second kappa shape index (κ2) is 6.35. The van der Waals surface area contributed by atoms with Crippen molar-refractivity contribution in [2.24, 2.45) is 11.8 Å². The Hall–Kier alpha value is -1.43. The number of halogens is 2. The lowest BCUT2D eigenvalue weighted by Gasteiger charge is -2.16. The monoisotopic (exact) mass is 343 g/mol. The molecule has 1 amide bonds. The summed E-state index contributed by atoms with van der Waals surface area (Å²) in [5, 5.41) is 11.8. The third-order valence-corrected chi connectivity index (χ3v) is 4.50. The number of carboxylic acid groups (broad SMARTS) is 1. The largest absolute Gasteiger partial charge is 0.481 e. The van der Waals surface area contributed by atoms with Crippen molar-refractivity contribution in [3.63, 3.8) is 0 Å². The van der Waals surface area contributed by atoms with Gasteiger partial charge in [-0.05, 0) is 46.8 Å². The van der Waals surface area contributed by atoms with Crippen molar-refractivity contribution in [2.45, 2.75) is 19.3 Å². The van der Waals surface area contributed by atoms with Gasteiger partial charge in [0.1, 0.15) is 5.82 Å². The maximum atomic E-state index is 13.3. The number of aliphatic carboxylic acids is 1. The molecule has 0 radical (unpaired) electrons. The number of amides is 1. The minimum absolute atomic E-state index is 0.0521. The third-order valence-electron chi connectivity index (χ3n) is 3.70. The van der Waals surface area contributed by atoms with Crippen LogP contribution < -0.4 is 5.32 Å². The van der Waals surface area contributed by atoms with E-state index in [1.165, 1.54) is 18.2 Å². The Balaban J connectivity index is 1.99. The lowest BCUT2D eigenvalue weighted by atomic mass is 9.96. The highest BCUT2D eigenvalue weighted by molar-refractivity contribution is 9.10. The molecule has 1 aliphatic carbocycles. The normalized spacial score (nSPS) is 21.7. The van der Waals surface area contributed by atoms with Crippen LogP contribution in [0.15, 0.2) is 22.7 Å². The second-order valence-electron chi connectivity index (χ2n) is 4.95. The number of hydrogen-bond donors (Lipinski definition) is 2. The molecule has 0 aliphatic heterocycles. The number of carbonyl (C=O) groups is 2. The molecule has 0 bridgehead atoms. The van der Waals surface area contributed by atoms with Crippen molar-refractivity contribution in [1.82, 2.24) is 5.32 Å². The van der Waals surface area contributed by atoms with Crippen molar-refractivity contribution < 1.29 is 19.1 Å². The molecule has 0 saturated heterocycles.